The number of carbonyl (C=O) groups is 1. The zero-order valence-corrected chi connectivity index (χ0v) is 15.2. The number of hydrogen-bond donors (Lipinski definition) is 0. The molecule has 0 aliphatic carbocycles. The van der Waals surface area contributed by atoms with Crippen molar-refractivity contribution in [3.8, 4) is 5.75 Å². The van der Waals surface area contributed by atoms with Crippen LogP contribution in [0, 0.1) is 13.8 Å². The highest BCUT2D eigenvalue weighted by atomic mass is 35.5. The van der Waals surface area contributed by atoms with E-state index in [1.807, 2.05) is 44.2 Å². The van der Waals surface area contributed by atoms with Crippen LogP contribution >= 0.6 is 22.9 Å². The summed E-state index contributed by atoms with van der Waals surface area (Å²) in [4.78, 5) is 18.9. The third-order valence-corrected chi connectivity index (χ3v) is 4.99. The number of rotatable bonds is 4. The predicted octanol–water partition coefficient (Wildman–Crippen LogP) is 5.47. The summed E-state index contributed by atoms with van der Waals surface area (Å²) >= 11 is 7.86. The fourth-order valence-electron chi connectivity index (χ4n) is 2.52. The van der Waals surface area contributed by atoms with Crippen LogP contribution < -0.4 is 4.74 Å². The predicted molar refractivity (Wildman–Crippen MR) is 100 cm³/mol. The molecule has 0 saturated heterocycles. The molecule has 0 spiro atoms. The van der Waals surface area contributed by atoms with Gasteiger partial charge in [0.15, 0.2) is 5.78 Å². The Balaban J connectivity index is 1.95. The fraction of sp³-hybridized carbons (Fsp3) is 0.158. The van der Waals surface area contributed by atoms with Crippen molar-refractivity contribution < 1.29 is 9.53 Å². The molecule has 122 valence electrons. The lowest BCUT2D eigenvalue weighted by atomic mass is 10.1. The number of halogens is 1. The van der Waals surface area contributed by atoms with Crippen molar-refractivity contribution in [1.29, 1.82) is 0 Å². The number of carbonyl (C=O) groups excluding carboxylic acids is 1. The molecule has 3 rings (SSSR count). The minimum Gasteiger partial charge on any atom is -0.497 e. The first-order valence-corrected chi connectivity index (χ1v) is 8.61. The van der Waals surface area contributed by atoms with Gasteiger partial charge in [-0.25, -0.2) is 4.98 Å². The molecule has 0 fully saturated rings. The summed E-state index contributed by atoms with van der Waals surface area (Å²) in [6, 6.07) is 9.41. The molecule has 0 bridgehead atoms. The van der Waals surface area contributed by atoms with Gasteiger partial charge in [0.1, 0.15) is 10.9 Å². The van der Waals surface area contributed by atoms with Crippen LogP contribution in [0.3, 0.4) is 0 Å². The molecule has 0 N–H and O–H groups in total. The average Bonchev–Trinajstić information content (AvgIpc) is 2.90. The van der Waals surface area contributed by atoms with Gasteiger partial charge in [-0.3, -0.25) is 4.79 Å². The van der Waals surface area contributed by atoms with Crippen molar-refractivity contribution in [3.05, 3.63) is 62.4 Å². The topological polar surface area (TPSA) is 39.2 Å². The van der Waals surface area contributed by atoms with Crippen LogP contribution in [0.15, 0.2) is 36.4 Å². The van der Waals surface area contributed by atoms with E-state index in [2.05, 4.69) is 4.98 Å². The van der Waals surface area contributed by atoms with E-state index < -0.39 is 0 Å². The van der Waals surface area contributed by atoms with Crippen LogP contribution in [0.1, 0.15) is 25.7 Å². The summed E-state index contributed by atoms with van der Waals surface area (Å²) in [6.07, 6.45) is 3.26. The SMILES string of the molecule is COc1ccc2nc(Cl)c(/C=C/C(=O)c3cc(C)sc3C)cc2c1. The summed E-state index contributed by atoms with van der Waals surface area (Å²) in [7, 11) is 1.62. The number of aryl methyl sites for hydroxylation is 2. The molecule has 0 aliphatic heterocycles. The van der Waals surface area contributed by atoms with Gasteiger partial charge in [0.05, 0.1) is 12.6 Å². The maximum absolute atomic E-state index is 12.4. The molecule has 0 aliphatic rings. The second-order valence-electron chi connectivity index (χ2n) is 5.45. The van der Waals surface area contributed by atoms with E-state index >= 15 is 0 Å². The van der Waals surface area contributed by atoms with E-state index in [4.69, 9.17) is 16.3 Å². The van der Waals surface area contributed by atoms with Gasteiger partial charge in [0.2, 0.25) is 0 Å². The Morgan fingerprint density at radius 3 is 2.71 bits per heavy atom. The van der Waals surface area contributed by atoms with E-state index in [9.17, 15) is 4.79 Å². The molecule has 0 atom stereocenters. The number of aromatic nitrogens is 1. The quantitative estimate of drug-likeness (QED) is 0.353. The average molecular weight is 358 g/mol. The lowest BCUT2D eigenvalue weighted by molar-refractivity contribution is 0.104. The van der Waals surface area contributed by atoms with Crippen molar-refractivity contribution in [2.24, 2.45) is 0 Å². The molecule has 2 aromatic heterocycles. The van der Waals surface area contributed by atoms with Gasteiger partial charge >= 0.3 is 0 Å². The van der Waals surface area contributed by atoms with Gasteiger partial charge in [0.25, 0.3) is 0 Å². The summed E-state index contributed by atoms with van der Waals surface area (Å²) in [6.45, 7) is 3.95. The first kappa shape index (κ1) is 16.7. The van der Waals surface area contributed by atoms with Crippen LogP contribution in [0.2, 0.25) is 5.15 Å². The van der Waals surface area contributed by atoms with Crippen LogP contribution in [0.25, 0.3) is 17.0 Å². The molecule has 0 amide bonds. The van der Waals surface area contributed by atoms with E-state index in [0.29, 0.717) is 10.7 Å². The molecule has 0 unspecified atom stereocenters. The molecule has 0 radical (unpaired) electrons. The highest BCUT2D eigenvalue weighted by Crippen LogP contribution is 2.26. The maximum atomic E-state index is 12.4. The van der Waals surface area contributed by atoms with Crippen molar-refractivity contribution in [2.75, 3.05) is 7.11 Å². The fourth-order valence-corrected chi connectivity index (χ4v) is 3.66. The Kier molecular flexibility index (Phi) is 4.69. The highest BCUT2D eigenvalue weighted by molar-refractivity contribution is 7.12. The zero-order valence-electron chi connectivity index (χ0n) is 13.6. The molecule has 3 nitrogen and oxygen atoms in total. The number of fused-ring (bicyclic) bond motifs is 1. The monoisotopic (exact) mass is 357 g/mol. The molecule has 1 aromatic carbocycles. The smallest absolute Gasteiger partial charge is 0.186 e. The normalized spacial score (nSPS) is 11.3. The van der Waals surface area contributed by atoms with Crippen LogP contribution in [-0.4, -0.2) is 17.9 Å². The summed E-state index contributed by atoms with van der Waals surface area (Å²) in [5.74, 6) is 0.723. The Morgan fingerprint density at radius 1 is 1.25 bits per heavy atom. The number of nitrogens with zero attached hydrogens (tertiary/aromatic N) is 1. The molecular weight excluding hydrogens is 342 g/mol. The number of ketones is 1. The van der Waals surface area contributed by atoms with Gasteiger partial charge < -0.3 is 4.74 Å². The first-order valence-electron chi connectivity index (χ1n) is 7.41. The first-order chi connectivity index (χ1) is 11.5. The van der Waals surface area contributed by atoms with Gasteiger partial charge in [-0.15, -0.1) is 11.3 Å². The second-order valence-corrected chi connectivity index (χ2v) is 7.27. The van der Waals surface area contributed by atoms with Crippen molar-refractivity contribution in [3.63, 3.8) is 0 Å². The largest absolute Gasteiger partial charge is 0.497 e. The standard InChI is InChI=1S/C19H16ClNO2S/c1-11-8-16(12(2)24-11)18(22)7-4-13-9-14-10-15(23-3)5-6-17(14)21-19(13)20/h4-10H,1-3H3/b7-4+. The minimum atomic E-state index is -0.0290. The number of pyridine rings is 1. The number of methoxy groups -OCH3 is 1. The van der Waals surface area contributed by atoms with Gasteiger partial charge in [-0.1, -0.05) is 11.6 Å². The number of thiophene rings is 1. The summed E-state index contributed by atoms with van der Waals surface area (Å²) in [5, 5.41) is 1.28. The maximum Gasteiger partial charge on any atom is 0.186 e. The molecule has 0 saturated carbocycles. The Labute approximate surface area is 149 Å². The number of hydrogen-bond acceptors (Lipinski definition) is 4. The molecule has 2 heterocycles. The van der Waals surface area contributed by atoms with Crippen molar-refractivity contribution in [2.45, 2.75) is 13.8 Å². The summed E-state index contributed by atoms with van der Waals surface area (Å²) in [5.41, 5.74) is 2.23. The number of benzene rings is 1. The Morgan fingerprint density at radius 2 is 2.04 bits per heavy atom. The number of allylic oxidation sites excluding steroid dienone is 1. The van der Waals surface area contributed by atoms with Crippen LogP contribution in [0.5, 0.6) is 5.75 Å². The summed E-state index contributed by atoms with van der Waals surface area (Å²) < 4.78 is 5.23. The lowest BCUT2D eigenvalue weighted by Gasteiger charge is -2.05. The van der Waals surface area contributed by atoms with E-state index in [-0.39, 0.29) is 5.78 Å². The molecule has 3 aromatic rings. The van der Waals surface area contributed by atoms with E-state index in [1.54, 1.807) is 30.6 Å². The van der Waals surface area contributed by atoms with Crippen molar-refractivity contribution in [1.82, 2.24) is 4.98 Å². The third kappa shape index (κ3) is 3.35. The highest BCUT2D eigenvalue weighted by Gasteiger charge is 2.10. The zero-order chi connectivity index (χ0) is 17.3. The molecular formula is C19H16ClNO2S. The lowest BCUT2D eigenvalue weighted by Crippen LogP contribution is -1.94. The van der Waals surface area contributed by atoms with Crippen LogP contribution in [0.4, 0.5) is 0 Å². The van der Waals surface area contributed by atoms with E-state index in [1.165, 1.54) is 0 Å². The number of ether oxygens (including phenoxy) is 1. The molecule has 24 heavy (non-hydrogen) atoms. The third-order valence-electron chi connectivity index (χ3n) is 3.72. The van der Waals surface area contributed by atoms with Crippen LogP contribution in [-0.2, 0) is 0 Å². The Bertz CT molecular complexity index is 959. The van der Waals surface area contributed by atoms with E-state index in [0.717, 1.165) is 32.0 Å². The minimum absolute atomic E-state index is 0.0290. The van der Waals surface area contributed by atoms with Gasteiger partial charge in [-0.2, -0.15) is 0 Å². The second kappa shape index (κ2) is 6.75. The molecule has 5 heteroatoms. The van der Waals surface area contributed by atoms with Gasteiger partial charge in [0, 0.05) is 26.3 Å². The Hall–Kier alpha value is -2.17. The van der Waals surface area contributed by atoms with Crippen molar-refractivity contribution >= 4 is 45.7 Å². The van der Waals surface area contributed by atoms with Gasteiger partial charge in [-0.05, 0) is 56.3 Å².